The van der Waals surface area contributed by atoms with Crippen molar-refractivity contribution >= 4 is 95.0 Å². The molecular formula is C66H70BN3S. The Balaban J connectivity index is 1.26. The van der Waals surface area contributed by atoms with E-state index in [9.17, 15) is 0 Å². The second kappa shape index (κ2) is 15.7. The van der Waals surface area contributed by atoms with E-state index in [-0.39, 0.29) is 33.8 Å². The zero-order chi connectivity index (χ0) is 49.7. The van der Waals surface area contributed by atoms with Gasteiger partial charge in [0, 0.05) is 44.5 Å². The van der Waals surface area contributed by atoms with Gasteiger partial charge < -0.3 is 14.7 Å². The van der Waals surface area contributed by atoms with E-state index in [1.54, 1.807) is 0 Å². The molecule has 0 unspecified atom stereocenters. The normalized spacial score (nSPS) is 17.8. The highest BCUT2D eigenvalue weighted by molar-refractivity contribution is 7.26. The molecule has 0 saturated carbocycles. The van der Waals surface area contributed by atoms with Crippen LogP contribution in [0.1, 0.15) is 141 Å². The lowest BCUT2D eigenvalue weighted by Crippen LogP contribution is -2.61. The van der Waals surface area contributed by atoms with Crippen LogP contribution < -0.4 is 31.1 Å². The third kappa shape index (κ3) is 7.18. The molecular weight excluding hydrogens is 878 g/mol. The molecule has 0 N–H and O–H groups in total. The molecule has 1 aromatic heterocycles. The van der Waals surface area contributed by atoms with Crippen molar-refractivity contribution in [2.24, 2.45) is 0 Å². The minimum Gasteiger partial charge on any atom is -0.311 e. The van der Waals surface area contributed by atoms with Crippen molar-refractivity contribution in [3.63, 3.8) is 0 Å². The molecule has 2 aliphatic carbocycles. The Labute approximate surface area is 428 Å². The number of thiophene rings is 1. The molecule has 0 fully saturated rings. The van der Waals surface area contributed by atoms with Gasteiger partial charge in [-0.25, -0.2) is 0 Å². The summed E-state index contributed by atoms with van der Waals surface area (Å²) >= 11 is 1.96. The van der Waals surface area contributed by atoms with Crippen molar-refractivity contribution in [3.05, 3.63) is 178 Å². The summed E-state index contributed by atoms with van der Waals surface area (Å²) in [6, 6.07) is 54.5. The van der Waals surface area contributed by atoms with E-state index in [1.807, 2.05) is 11.3 Å². The molecule has 0 amide bonds. The van der Waals surface area contributed by atoms with Crippen LogP contribution in [0.25, 0.3) is 10.1 Å². The highest BCUT2D eigenvalue weighted by Crippen LogP contribution is 2.55. The van der Waals surface area contributed by atoms with E-state index >= 15 is 0 Å². The van der Waals surface area contributed by atoms with E-state index < -0.39 is 0 Å². The van der Waals surface area contributed by atoms with Crippen LogP contribution in [0.15, 0.2) is 140 Å². The number of para-hydroxylation sites is 2. The molecule has 3 nitrogen and oxygen atoms in total. The Morgan fingerprint density at radius 2 is 1.06 bits per heavy atom. The number of hydrogen-bond acceptors (Lipinski definition) is 4. The molecule has 2 aliphatic heterocycles. The van der Waals surface area contributed by atoms with Gasteiger partial charge in [-0.1, -0.05) is 155 Å². The Bertz CT molecular complexity index is 3420. The fraction of sp³-hybridized carbons (Fsp3) is 0.333. The summed E-state index contributed by atoms with van der Waals surface area (Å²) in [5.41, 5.74) is 24.0. The Kier molecular flexibility index (Phi) is 10.2. The minimum absolute atomic E-state index is 0.00250. The SMILES string of the molecule is Cc1ccc2sc3c(c2c1)B1c2cc4c(cc2N(c2ccc5c(c2)C(C)(C)CCC5(C)C)c2cc(N(c5ccccc5)c5ccccc5)cc(c21)N3c1ccc(C(C)(C)C)cc1C)C(C)(C)CCC4(C)C. The third-order valence-electron chi connectivity index (χ3n) is 17.5. The van der Waals surface area contributed by atoms with Gasteiger partial charge >= 0.3 is 0 Å². The largest absolute Gasteiger partial charge is 0.311 e. The van der Waals surface area contributed by atoms with Crippen LogP contribution in [0, 0.1) is 13.8 Å². The number of hydrogen-bond donors (Lipinski definition) is 0. The summed E-state index contributed by atoms with van der Waals surface area (Å²) in [6.45, 7) is 31.4. The number of aryl methyl sites for hydroxylation is 2. The molecule has 0 bridgehead atoms. The van der Waals surface area contributed by atoms with Crippen LogP contribution in [0.5, 0.6) is 0 Å². The molecule has 12 rings (SSSR count). The molecule has 358 valence electrons. The first-order valence-electron chi connectivity index (χ1n) is 26.3. The Morgan fingerprint density at radius 1 is 0.493 bits per heavy atom. The lowest BCUT2D eigenvalue weighted by Gasteiger charge is -2.48. The van der Waals surface area contributed by atoms with Gasteiger partial charge in [0.25, 0.3) is 6.71 Å². The molecule has 4 aliphatic rings. The molecule has 71 heavy (non-hydrogen) atoms. The maximum absolute atomic E-state index is 2.72. The van der Waals surface area contributed by atoms with Crippen LogP contribution in [0.4, 0.5) is 50.5 Å². The molecule has 0 radical (unpaired) electrons. The predicted octanol–water partition coefficient (Wildman–Crippen LogP) is 17.1. The first-order chi connectivity index (χ1) is 33.6. The van der Waals surface area contributed by atoms with Crippen molar-refractivity contribution in [3.8, 4) is 0 Å². The quantitative estimate of drug-likeness (QED) is 0.159. The predicted molar refractivity (Wildman–Crippen MR) is 309 cm³/mol. The third-order valence-corrected chi connectivity index (χ3v) is 18.7. The first kappa shape index (κ1) is 46.1. The molecule has 0 atom stereocenters. The summed E-state index contributed by atoms with van der Waals surface area (Å²) in [4.78, 5) is 7.88. The number of benzene rings is 7. The monoisotopic (exact) mass is 948 g/mol. The number of anilines is 9. The summed E-state index contributed by atoms with van der Waals surface area (Å²) in [7, 11) is 0. The number of fused-ring (bicyclic) bond motifs is 8. The molecule has 0 saturated heterocycles. The van der Waals surface area contributed by atoms with Crippen molar-refractivity contribution in [2.75, 3.05) is 14.7 Å². The van der Waals surface area contributed by atoms with Gasteiger partial charge in [0.15, 0.2) is 0 Å². The lowest BCUT2D eigenvalue weighted by atomic mass is 9.33. The van der Waals surface area contributed by atoms with Crippen LogP contribution in [0.2, 0.25) is 0 Å². The number of nitrogens with zero attached hydrogens (tertiary/aromatic N) is 3. The summed E-state index contributed by atoms with van der Waals surface area (Å²) in [5.74, 6) is 0. The van der Waals surface area contributed by atoms with Gasteiger partial charge in [0.2, 0.25) is 0 Å². The van der Waals surface area contributed by atoms with E-state index in [1.165, 1.54) is 112 Å². The smallest absolute Gasteiger partial charge is 0.254 e. The highest BCUT2D eigenvalue weighted by atomic mass is 32.1. The fourth-order valence-electron chi connectivity index (χ4n) is 13.0. The molecule has 8 aromatic rings. The summed E-state index contributed by atoms with van der Waals surface area (Å²) < 4.78 is 1.34. The van der Waals surface area contributed by atoms with Gasteiger partial charge in [0.1, 0.15) is 0 Å². The van der Waals surface area contributed by atoms with Crippen LogP contribution in [0.3, 0.4) is 0 Å². The average molecular weight is 948 g/mol. The standard InChI is InChI=1S/C66H70BN3S/c1-41-24-29-58-48(34-41)59-61(71-58)70(54-28-25-43(35-42(54)2)62(3,4)5)57-38-47(68(44-20-16-14-17-21-44)45-22-18-15-19-23-45)37-56-60(57)67(59)53-39-51-52(66(12,13)33-32-65(51,10)11)40-55(53)69(56)46-26-27-49-50(36-46)64(8,9)31-30-63(49,6)7/h14-29,34-40H,30-33H2,1-13H3. The molecule has 5 heteroatoms. The number of rotatable bonds is 5. The average Bonchev–Trinajstić information content (AvgIpc) is 3.70. The Morgan fingerprint density at radius 3 is 1.65 bits per heavy atom. The van der Waals surface area contributed by atoms with Crippen LogP contribution in [-0.2, 0) is 27.1 Å². The van der Waals surface area contributed by atoms with Crippen LogP contribution >= 0.6 is 11.3 Å². The lowest BCUT2D eigenvalue weighted by molar-refractivity contribution is 0.332. The summed E-state index contributed by atoms with van der Waals surface area (Å²) in [5, 5.41) is 2.69. The van der Waals surface area contributed by atoms with Gasteiger partial charge in [-0.05, 0) is 188 Å². The van der Waals surface area contributed by atoms with Gasteiger partial charge in [0.05, 0.1) is 10.7 Å². The van der Waals surface area contributed by atoms with Crippen LogP contribution in [-0.4, -0.2) is 6.71 Å². The highest BCUT2D eigenvalue weighted by Gasteiger charge is 2.49. The second-order valence-electron chi connectivity index (χ2n) is 25.3. The zero-order valence-electron chi connectivity index (χ0n) is 44.4. The first-order valence-corrected chi connectivity index (χ1v) is 27.1. The van der Waals surface area contributed by atoms with E-state index in [0.717, 1.165) is 29.9 Å². The van der Waals surface area contributed by atoms with E-state index in [2.05, 4.69) is 244 Å². The van der Waals surface area contributed by atoms with E-state index in [4.69, 9.17) is 0 Å². The van der Waals surface area contributed by atoms with Gasteiger partial charge in [-0.3, -0.25) is 0 Å². The molecule has 3 heterocycles. The van der Waals surface area contributed by atoms with Crippen molar-refractivity contribution < 1.29 is 0 Å². The minimum atomic E-state index is -0.00250. The van der Waals surface area contributed by atoms with Crippen molar-refractivity contribution in [1.82, 2.24) is 0 Å². The molecule has 0 spiro atoms. The van der Waals surface area contributed by atoms with Gasteiger partial charge in [-0.15, -0.1) is 11.3 Å². The maximum Gasteiger partial charge on any atom is 0.254 e. The summed E-state index contributed by atoms with van der Waals surface area (Å²) in [6.07, 6.45) is 4.67. The zero-order valence-corrected chi connectivity index (χ0v) is 45.3. The second-order valence-corrected chi connectivity index (χ2v) is 26.3. The van der Waals surface area contributed by atoms with E-state index in [0.29, 0.717) is 0 Å². The topological polar surface area (TPSA) is 9.72 Å². The van der Waals surface area contributed by atoms with Gasteiger partial charge in [-0.2, -0.15) is 0 Å². The fourth-order valence-corrected chi connectivity index (χ4v) is 14.3. The molecule has 7 aromatic carbocycles. The van der Waals surface area contributed by atoms with Crippen molar-refractivity contribution in [2.45, 2.75) is 143 Å². The van der Waals surface area contributed by atoms with Crippen molar-refractivity contribution in [1.29, 1.82) is 0 Å². The Hall–Kier alpha value is -6.04. The maximum atomic E-state index is 2.72.